The van der Waals surface area contributed by atoms with Crippen molar-refractivity contribution in [2.75, 3.05) is 0 Å². The number of rotatable bonds is 0. The highest BCUT2D eigenvalue weighted by Gasteiger charge is 1.88. The molecule has 0 amide bonds. The summed E-state index contributed by atoms with van der Waals surface area (Å²) in [4.78, 5) is 0. The summed E-state index contributed by atoms with van der Waals surface area (Å²) >= 11 is 0. The average Bonchev–Trinajstić information content (AvgIpc) is 2.42. The van der Waals surface area contributed by atoms with Crippen LogP contribution in [0, 0.1) is 13.8 Å². The molecule has 0 aliphatic heterocycles. The van der Waals surface area contributed by atoms with Gasteiger partial charge in [-0.25, -0.2) is 0 Å². The molecule has 0 atom stereocenters. The molecule has 1 aromatic rings. The first-order valence-corrected chi connectivity index (χ1v) is 4.71. The summed E-state index contributed by atoms with van der Waals surface area (Å²) < 4.78 is 4.84. The van der Waals surface area contributed by atoms with Gasteiger partial charge in [-0.3, -0.25) is 0 Å². The van der Waals surface area contributed by atoms with Crippen LogP contribution in [-0.4, -0.2) is 0 Å². The molecule has 0 saturated heterocycles. The third-order valence-corrected chi connectivity index (χ3v) is 1.11. The van der Waals surface area contributed by atoms with Crippen LogP contribution >= 0.6 is 0 Å². The van der Waals surface area contributed by atoms with Crippen LogP contribution in [0.1, 0.15) is 45.2 Å². The van der Waals surface area contributed by atoms with Crippen molar-refractivity contribution < 1.29 is 4.42 Å². The maximum absolute atomic E-state index is 4.84. The number of hydrogen-bond acceptors (Lipinski definition) is 1. The maximum Gasteiger partial charge on any atom is 0.0934 e. The lowest BCUT2D eigenvalue weighted by molar-refractivity contribution is 0.564. The third-order valence-electron chi connectivity index (χ3n) is 1.11. The largest absolute Gasteiger partial charge is 0.472 e. The lowest BCUT2D eigenvalue weighted by atomic mass is 10.2. The highest BCUT2D eigenvalue weighted by molar-refractivity contribution is 5.15. The van der Waals surface area contributed by atoms with Crippen LogP contribution in [0.2, 0.25) is 0 Å². The molecule has 0 aliphatic carbocycles. The first-order chi connectivity index (χ1) is 5.72. The molecule has 72 valence electrons. The molecule has 0 aliphatic rings. The molecule has 0 bridgehead atoms. The van der Waals surface area contributed by atoms with E-state index in [0.29, 0.717) is 0 Å². The van der Waals surface area contributed by atoms with Crippen molar-refractivity contribution in [3.8, 4) is 0 Å². The molecule has 0 N–H and O–H groups in total. The summed E-state index contributed by atoms with van der Waals surface area (Å²) in [6, 6.07) is 0. The predicted octanol–water partition coefficient (Wildman–Crippen LogP) is 4.34. The smallest absolute Gasteiger partial charge is 0.0934 e. The predicted molar refractivity (Wildman–Crippen MR) is 55.5 cm³/mol. The van der Waals surface area contributed by atoms with Gasteiger partial charge in [0, 0.05) is 0 Å². The second-order valence-corrected chi connectivity index (χ2v) is 2.44. The van der Waals surface area contributed by atoms with Crippen LogP contribution in [0.15, 0.2) is 16.9 Å². The number of aryl methyl sites for hydroxylation is 2. The van der Waals surface area contributed by atoms with E-state index in [1.807, 2.05) is 27.7 Å². The molecule has 1 heterocycles. The normalized spacial score (nSPS) is 7.50. The molecule has 1 nitrogen and oxygen atoms in total. The zero-order valence-corrected chi connectivity index (χ0v) is 9.27. The molecule has 0 fully saturated rings. The van der Waals surface area contributed by atoms with Crippen LogP contribution in [-0.2, 0) is 0 Å². The number of hydrogen-bond donors (Lipinski definition) is 0. The van der Waals surface area contributed by atoms with Gasteiger partial charge < -0.3 is 4.42 Å². The second kappa shape index (κ2) is 10.3. The van der Waals surface area contributed by atoms with Crippen molar-refractivity contribution in [2.45, 2.75) is 48.0 Å². The van der Waals surface area contributed by atoms with E-state index >= 15 is 0 Å². The third kappa shape index (κ3) is 7.39. The topological polar surface area (TPSA) is 13.1 Å². The lowest BCUT2D eigenvalue weighted by Crippen LogP contribution is -1.63. The minimum absolute atomic E-state index is 1.22. The molecule has 0 unspecified atom stereocenters. The number of furan rings is 1. The molecule has 1 heteroatoms. The van der Waals surface area contributed by atoms with E-state index in [-0.39, 0.29) is 0 Å². The first-order valence-electron chi connectivity index (χ1n) is 4.71. The Morgan fingerprint density at radius 1 is 1.00 bits per heavy atom. The van der Waals surface area contributed by atoms with E-state index in [2.05, 4.69) is 13.8 Å². The summed E-state index contributed by atoms with van der Waals surface area (Å²) in [6.45, 7) is 12.3. The van der Waals surface area contributed by atoms with Crippen molar-refractivity contribution in [1.29, 1.82) is 0 Å². The van der Waals surface area contributed by atoms with E-state index in [0.717, 1.165) is 0 Å². The fourth-order valence-corrected chi connectivity index (χ4v) is 0.424. The highest BCUT2D eigenvalue weighted by Crippen LogP contribution is 2.04. The van der Waals surface area contributed by atoms with Crippen LogP contribution in [0.25, 0.3) is 0 Å². The SMILES string of the molecule is CC.CCC.Cc1cocc1C. The minimum Gasteiger partial charge on any atom is -0.472 e. The molecule has 1 aromatic heterocycles. The van der Waals surface area contributed by atoms with E-state index in [4.69, 9.17) is 4.42 Å². The molecule has 0 saturated carbocycles. The summed E-state index contributed by atoms with van der Waals surface area (Å²) in [5.41, 5.74) is 2.44. The summed E-state index contributed by atoms with van der Waals surface area (Å²) in [6.07, 6.45) is 4.74. The van der Waals surface area contributed by atoms with Gasteiger partial charge in [0.05, 0.1) is 12.5 Å². The Labute approximate surface area is 76.8 Å². The molecule has 12 heavy (non-hydrogen) atoms. The van der Waals surface area contributed by atoms with Gasteiger partial charge >= 0.3 is 0 Å². The maximum atomic E-state index is 4.84. The fraction of sp³-hybridized carbons (Fsp3) is 0.636. The summed E-state index contributed by atoms with van der Waals surface area (Å²) in [5, 5.41) is 0. The standard InChI is InChI=1S/C6H8O.C3H8.C2H6/c1-5-3-7-4-6(5)2;1-3-2;1-2/h3-4H,1-2H3;3H2,1-2H3;1-2H3. The van der Waals surface area contributed by atoms with Crippen LogP contribution in [0.4, 0.5) is 0 Å². The van der Waals surface area contributed by atoms with Gasteiger partial charge in [0.25, 0.3) is 0 Å². The molecular weight excluding hydrogens is 148 g/mol. The van der Waals surface area contributed by atoms with Crippen molar-refractivity contribution in [1.82, 2.24) is 0 Å². The Balaban J connectivity index is 0. The quantitative estimate of drug-likeness (QED) is 0.564. The Kier molecular flexibility index (Phi) is 11.9. The van der Waals surface area contributed by atoms with Crippen LogP contribution < -0.4 is 0 Å². The van der Waals surface area contributed by atoms with Gasteiger partial charge in [0.15, 0.2) is 0 Å². The van der Waals surface area contributed by atoms with E-state index in [1.54, 1.807) is 12.5 Å². The fourth-order valence-electron chi connectivity index (χ4n) is 0.424. The van der Waals surface area contributed by atoms with Crippen molar-refractivity contribution >= 4 is 0 Å². The van der Waals surface area contributed by atoms with Crippen molar-refractivity contribution in [3.05, 3.63) is 23.7 Å². The summed E-state index contributed by atoms with van der Waals surface area (Å²) in [5.74, 6) is 0. The van der Waals surface area contributed by atoms with Crippen LogP contribution in [0.3, 0.4) is 0 Å². The molecule has 0 radical (unpaired) electrons. The molecule has 0 aromatic carbocycles. The van der Waals surface area contributed by atoms with Crippen molar-refractivity contribution in [2.24, 2.45) is 0 Å². The first kappa shape index (κ1) is 13.8. The molecule has 1 rings (SSSR count). The van der Waals surface area contributed by atoms with Gasteiger partial charge in [0.2, 0.25) is 0 Å². The Bertz CT molecular complexity index is 149. The van der Waals surface area contributed by atoms with Crippen LogP contribution in [0.5, 0.6) is 0 Å². The average molecular weight is 170 g/mol. The van der Waals surface area contributed by atoms with Gasteiger partial charge in [-0.2, -0.15) is 0 Å². The second-order valence-electron chi connectivity index (χ2n) is 2.44. The van der Waals surface area contributed by atoms with Gasteiger partial charge in [0.1, 0.15) is 0 Å². The van der Waals surface area contributed by atoms with Gasteiger partial charge in [-0.05, 0) is 25.0 Å². The molecule has 0 spiro atoms. The monoisotopic (exact) mass is 170 g/mol. The van der Waals surface area contributed by atoms with Gasteiger partial charge in [-0.15, -0.1) is 0 Å². The molecular formula is C11H22O. The van der Waals surface area contributed by atoms with E-state index in [9.17, 15) is 0 Å². The lowest BCUT2D eigenvalue weighted by Gasteiger charge is -1.76. The Morgan fingerprint density at radius 2 is 1.25 bits per heavy atom. The van der Waals surface area contributed by atoms with Gasteiger partial charge in [-0.1, -0.05) is 34.1 Å². The van der Waals surface area contributed by atoms with Crippen molar-refractivity contribution in [3.63, 3.8) is 0 Å². The Morgan fingerprint density at radius 3 is 1.33 bits per heavy atom. The minimum atomic E-state index is 1.22. The van der Waals surface area contributed by atoms with E-state index in [1.165, 1.54) is 17.5 Å². The zero-order valence-electron chi connectivity index (χ0n) is 9.27. The van der Waals surface area contributed by atoms with E-state index < -0.39 is 0 Å². The summed E-state index contributed by atoms with van der Waals surface area (Å²) in [7, 11) is 0. The zero-order chi connectivity index (χ0) is 9.98. The highest BCUT2D eigenvalue weighted by atomic mass is 16.3. The Hall–Kier alpha value is -0.720.